The number of ether oxygens (including phenoxy) is 1. The predicted molar refractivity (Wildman–Crippen MR) is 80.3 cm³/mol. The number of rotatable bonds is 5. The Morgan fingerprint density at radius 2 is 2.05 bits per heavy atom. The molecule has 3 nitrogen and oxygen atoms in total. The first-order valence-corrected chi connectivity index (χ1v) is 6.95. The number of pyridine rings is 1. The number of nitrogens with zero attached hydrogens (tertiary/aromatic N) is 1. The van der Waals surface area contributed by atoms with Crippen LogP contribution in [0.5, 0.6) is 5.75 Å². The van der Waals surface area contributed by atoms with Crippen LogP contribution < -0.4 is 10.5 Å². The number of hydrogen-bond donors (Lipinski definition) is 1. The van der Waals surface area contributed by atoms with Crippen molar-refractivity contribution in [1.29, 1.82) is 0 Å². The van der Waals surface area contributed by atoms with Gasteiger partial charge in [0.25, 0.3) is 0 Å². The van der Waals surface area contributed by atoms with Crippen molar-refractivity contribution in [1.82, 2.24) is 4.98 Å². The quantitative estimate of drug-likeness (QED) is 0.921. The highest BCUT2D eigenvalue weighted by molar-refractivity contribution is 9.10. The van der Waals surface area contributed by atoms with E-state index < -0.39 is 0 Å². The van der Waals surface area contributed by atoms with Crippen LogP contribution in [0.25, 0.3) is 0 Å². The molecule has 4 heteroatoms. The highest BCUT2D eigenvalue weighted by Crippen LogP contribution is 2.26. The van der Waals surface area contributed by atoms with Gasteiger partial charge in [-0.05, 0) is 58.1 Å². The van der Waals surface area contributed by atoms with Crippen molar-refractivity contribution in [3.63, 3.8) is 0 Å². The standard InChI is InChI=1S/C15H17BrN2O/c1-19-15-5-4-11(9-14(15)16)7-13(17)8-12-3-2-6-18-10-12/h2-6,9-10,13H,7-8,17H2,1H3. The normalized spacial score (nSPS) is 12.2. The summed E-state index contributed by atoms with van der Waals surface area (Å²) in [4.78, 5) is 4.10. The molecule has 0 saturated heterocycles. The van der Waals surface area contributed by atoms with E-state index in [0.29, 0.717) is 0 Å². The number of methoxy groups -OCH3 is 1. The Morgan fingerprint density at radius 3 is 2.68 bits per heavy atom. The number of aromatic nitrogens is 1. The van der Waals surface area contributed by atoms with Gasteiger partial charge < -0.3 is 10.5 Å². The number of nitrogens with two attached hydrogens (primary N) is 1. The molecule has 1 heterocycles. The molecule has 0 spiro atoms. The molecule has 0 bridgehead atoms. The molecule has 1 aromatic heterocycles. The Hall–Kier alpha value is -1.39. The van der Waals surface area contributed by atoms with Crippen molar-refractivity contribution in [2.45, 2.75) is 18.9 Å². The van der Waals surface area contributed by atoms with Crippen LogP contribution in [0.1, 0.15) is 11.1 Å². The molecule has 2 N–H and O–H groups in total. The fraction of sp³-hybridized carbons (Fsp3) is 0.267. The van der Waals surface area contributed by atoms with E-state index in [1.54, 1.807) is 13.3 Å². The SMILES string of the molecule is COc1ccc(CC(N)Cc2cccnc2)cc1Br. The van der Waals surface area contributed by atoms with Crippen molar-refractivity contribution >= 4 is 15.9 Å². The van der Waals surface area contributed by atoms with Crippen LogP contribution >= 0.6 is 15.9 Å². The third-order valence-corrected chi connectivity index (χ3v) is 3.55. The Bertz CT molecular complexity index is 531. The van der Waals surface area contributed by atoms with Gasteiger partial charge in [-0.25, -0.2) is 0 Å². The summed E-state index contributed by atoms with van der Waals surface area (Å²) in [5.74, 6) is 0.838. The van der Waals surface area contributed by atoms with Gasteiger partial charge in [-0.3, -0.25) is 4.98 Å². The lowest BCUT2D eigenvalue weighted by molar-refractivity contribution is 0.412. The summed E-state index contributed by atoms with van der Waals surface area (Å²) in [5, 5.41) is 0. The molecule has 0 saturated carbocycles. The van der Waals surface area contributed by atoms with E-state index in [1.165, 1.54) is 11.1 Å². The van der Waals surface area contributed by atoms with Crippen LogP contribution in [0.2, 0.25) is 0 Å². The van der Waals surface area contributed by atoms with E-state index in [-0.39, 0.29) is 6.04 Å². The third kappa shape index (κ3) is 4.04. The van der Waals surface area contributed by atoms with Crippen molar-refractivity contribution in [2.75, 3.05) is 7.11 Å². The maximum absolute atomic E-state index is 6.18. The molecule has 0 aliphatic carbocycles. The van der Waals surface area contributed by atoms with Gasteiger partial charge in [-0.1, -0.05) is 12.1 Å². The molecule has 0 aliphatic rings. The lowest BCUT2D eigenvalue weighted by atomic mass is 10.0. The number of benzene rings is 1. The Kier molecular flexibility index (Phi) is 4.93. The zero-order valence-corrected chi connectivity index (χ0v) is 12.4. The molecule has 1 aromatic carbocycles. The first-order valence-electron chi connectivity index (χ1n) is 6.16. The monoisotopic (exact) mass is 320 g/mol. The number of hydrogen-bond acceptors (Lipinski definition) is 3. The summed E-state index contributed by atoms with van der Waals surface area (Å²) < 4.78 is 6.17. The smallest absolute Gasteiger partial charge is 0.133 e. The Labute approximate surface area is 121 Å². The average molecular weight is 321 g/mol. The molecule has 0 aliphatic heterocycles. The molecule has 1 atom stereocenters. The summed E-state index contributed by atoms with van der Waals surface area (Å²) in [7, 11) is 1.66. The van der Waals surface area contributed by atoms with Gasteiger partial charge in [-0.15, -0.1) is 0 Å². The van der Waals surface area contributed by atoms with Gasteiger partial charge in [0.15, 0.2) is 0 Å². The van der Waals surface area contributed by atoms with Gasteiger partial charge >= 0.3 is 0 Å². The minimum Gasteiger partial charge on any atom is -0.496 e. The van der Waals surface area contributed by atoms with Crippen LogP contribution in [0.15, 0.2) is 47.2 Å². The summed E-state index contributed by atoms with van der Waals surface area (Å²) in [6.07, 6.45) is 5.30. The van der Waals surface area contributed by atoms with E-state index in [0.717, 1.165) is 23.1 Å². The molecular weight excluding hydrogens is 304 g/mol. The molecule has 0 radical (unpaired) electrons. The van der Waals surface area contributed by atoms with E-state index in [4.69, 9.17) is 10.5 Å². The van der Waals surface area contributed by atoms with Crippen LogP contribution in [0, 0.1) is 0 Å². The topological polar surface area (TPSA) is 48.1 Å². The van der Waals surface area contributed by atoms with Crippen molar-refractivity contribution in [2.24, 2.45) is 5.73 Å². The second-order valence-corrected chi connectivity index (χ2v) is 5.35. The molecule has 19 heavy (non-hydrogen) atoms. The largest absolute Gasteiger partial charge is 0.496 e. The zero-order chi connectivity index (χ0) is 13.7. The maximum Gasteiger partial charge on any atom is 0.133 e. The fourth-order valence-corrected chi connectivity index (χ4v) is 2.62. The minimum atomic E-state index is 0.0875. The van der Waals surface area contributed by atoms with Crippen LogP contribution in [-0.4, -0.2) is 18.1 Å². The van der Waals surface area contributed by atoms with Crippen molar-refractivity contribution < 1.29 is 4.74 Å². The maximum atomic E-state index is 6.18. The zero-order valence-electron chi connectivity index (χ0n) is 10.8. The molecular formula is C15H17BrN2O. The number of halogens is 1. The van der Waals surface area contributed by atoms with Gasteiger partial charge in [0.2, 0.25) is 0 Å². The highest BCUT2D eigenvalue weighted by atomic mass is 79.9. The van der Waals surface area contributed by atoms with E-state index in [2.05, 4.69) is 33.0 Å². The van der Waals surface area contributed by atoms with Gasteiger partial charge in [-0.2, -0.15) is 0 Å². The fourth-order valence-electron chi connectivity index (χ4n) is 2.03. The second-order valence-electron chi connectivity index (χ2n) is 4.50. The molecule has 100 valence electrons. The Balaban J connectivity index is 1.99. The minimum absolute atomic E-state index is 0.0875. The second kappa shape index (κ2) is 6.68. The van der Waals surface area contributed by atoms with Crippen molar-refractivity contribution in [3.8, 4) is 5.75 Å². The summed E-state index contributed by atoms with van der Waals surface area (Å²) in [5.41, 5.74) is 8.55. The molecule has 0 amide bonds. The van der Waals surface area contributed by atoms with Gasteiger partial charge in [0.1, 0.15) is 5.75 Å². The van der Waals surface area contributed by atoms with Crippen LogP contribution in [0.4, 0.5) is 0 Å². The first kappa shape index (κ1) is 14.0. The van der Waals surface area contributed by atoms with E-state index in [1.807, 2.05) is 24.4 Å². The van der Waals surface area contributed by atoms with Gasteiger partial charge in [0, 0.05) is 18.4 Å². The average Bonchev–Trinajstić information content (AvgIpc) is 2.40. The lowest BCUT2D eigenvalue weighted by Crippen LogP contribution is -2.25. The first-order chi connectivity index (χ1) is 9.19. The molecule has 0 fully saturated rings. The summed E-state index contributed by atoms with van der Waals surface area (Å²) in [6, 6.07) is 10.1. The molecule has 2 rings (SSSR count). The van der Waals surface area contributed by atoms with Gasteiger partial charge in [0.05, 0.1) is 11.6 Å². The predicted octanol–water partition coefficient (Wildman–Crippen LogP) is 2.97. The highest BCUT2D eigenvalue weighted by Gasteiger charge is 2.08. The molecule has 2 aromatic rings. The summed E-state index contributed by atoms with van der Waals surface area (Å²) in [6.45, 7) is 0. The van der Waals surface area contributed by atoms with Crippen LogP contribution in [-0.2, 0) is 12.8 Å². The van der Waals surface area contributed by atoms with E-state index in [9.17, 15) is 0 Å². The van der Waals surface area contributed by atoms with Crippen molar-refractivity contribution in [3.05, 3.63) is 58.3 Å². The van der Waals surface area contributed by atoms with E-state index >= 15 is 0 Å². The van der Waals surface area contributed by atoms with Crippen LogP contribution in [0.3, 0.4) is 0 Å². The lowest BCUT2D eigenvalue weighted by Gasteiger charge is -2.12. The summed E-state index contributed by atoms with van der Waals surface area (Å²) >= 11 is 3.49. The third-order valence-electron chi connectivity index (χ3n) is 2.93. The molecule has 1 unspecified atom stereocenters. The Morgan fingerprint density at radius 1 is 1.26 bits per heavy atom.